The fourth-order valence-electron chi connectivity index (χ4n) is 2.48. The first kappa shape index (κ1) is 15.9. The van der Waals surface area contributed by atoms with Crippen molar-refractivity contribution in [2.75, 3.05) is 30.0 Å². The molecule has 0 spiro atoms. The van der Waals surface area contributed by atoms with Crippen molar-refractivity contribution >= 4 is 23.2 Å². The summed E-state index contributed by atoms with van der Waals surface area (Å²) in [5, 5.41) is 2.75. The van der Waals surface area contributed by atoms with Crippen LogP contribution >= 0.6 is 0 Å². The van der Waals surface area contributed by atoms with Gasteiger partial charge in [-0.05, 0) is 43.3 Å². The van der Waals surface area contributed by atoms with Crippen LogP contribution in [0.15, 0.2) is 48.5 Å². The number of hydrogen-bond donors (Lipinski definition) is 1. The summed E-state index contributed by atoms with van der Waals surface area (Å²) in [5.41, 5.74) is 1.31. The van der Waals surface area contributed by atoms with Crippen LogP contribution < -0.4 is 19.7 Å². The van der Waals surface area contributed by atoms with E-state index < -0.39 is 0 Å². The Labute approximate surface area is 140 Å². The van der Waals surface area contributed by atoms with E-state index >= 15 is 0 Å². The van der Waals surface area contributed by atoms with Gasteiger partial charge in [0.05, 0.1) is 18.0 Å². The largest absolute Gasteiger partial charge is 0.494 e. The Hall–Kier alpha value is -3.02. The summed E-state index contributed by atoms with van der Waals surface area (Å²) < 4.78 is 10.9. The molecule has 0 radical (unpaired) electrons. The third-order valence-corrected chi connectivity index (χ3v) is 3.57. The molecule has 2 amide bonds. The van der Waals surface area contributed by atoms with Crippen LogP contribution in [0.5, 0.6) is 11.5 Å². The Morgan fingerprint density at radius 3 is 2.46 bits per heavy atom. The van der Waals surface area contributed by atoms with Gasteiger partial charge in [-0.1, -0.05) is 12.1 Å². The second-order valence-corrected chi connectivity index (χ2v) is 5.24. The second-order valence-electron chi connectivity index (χ2n) is 5.24. The van der Waals surface area contributed by atoms with Crippen LogP contribution in [0.25, 0.3) is 0 Å². The number of nitrogens with zero attached hydrogens (tertiary/aromatic N) is 1. The van der Waals surface area contributed by atoms with Crippen LogP contribution in [-0.4, -0.2) is 31.6 Å². The van der Waals surface area contributed by atoms with Gasteiger partial charge in [-0.25, -0.2) is 0 Å². The molecular weight excluding hydrogens is 308 g/mol. The molecule has 0 aliphatic carbocycles. The fraction of sp³-hybridized carbons (Fsp3) is 0.222. The summed E-state index contributed by atoms with van der Waals surface area (Å²) in [4.78, 5) is 25.6. The van der Waals surface area contributed by atoms with E-state index in [1.807, 2.05) is 19.1 Å². The average molecular weight is 326 g/mol. The van der Waals surface area contributed by atoms with Crippen molar-refractivity contribution in [1.29, 1.82) is 0 Å². The first-order chi connectivity index (χ1) is 11.7. The topological polar surface area (TPSA) is 67.9 Å². The van der Waals surface area contributed by atoms with Crippen LogP contribution in [0.1, 0.15) is 6.92 Å². The van der Waals surface area contributed by atoms with Crippen LogP contribution in [0.4, 0.5) is 11.4 Å². The molecule has 6 nitrogen and oxygen atoms in total. The number of nitrogens with one attached hydrogen (secondary N) is 1. The molecule has 6 heteroatoms. The van der Waals surface area contributed by atoms with E-state index in [1.54, 1.807) is 36.4 Å². The normalized spacial score (nSPS) is 13.0. The standard InChI is InChI=1S/C18H18N2O4/c1-2-23-13-7-9-14(10-8-13)24-12-18(22)20-11-17(21)19-15-5-3-4-6-16(15)20/h3-10H,2,11-12H2,1H3,(H,19,21). The predicted molar refractivity (Wildman–Crippen MR) is 90.5 cm³/mol. The van der Waals surface area contributed by atoms with Gasteiger partial charge in [-0.3, -0.25) is 14.5 Å². The quantitative estimate of drug-likeness (QED) is 0.916. The first-order valence-corrected chi connectivity index (χ1v) is 7.72. The molecule has 0 aromatic heterocycles. The zero-order valence-electron chi connectivity index (χ0n) is 13.3. The molecule has 0 bridgehead atoms. The SMILES string of the molecule is CCOc1ccc(OCC(=O)N2CC(=O)Nc3ccccc32)cc1. The Balaban J connectivity index is 1.66. The van der Waals surface area contributed by atoms with Crippen LogP contribution in [0, 0.1) is 0 Å². The molecule has 1 aliphatic rings. The number of ether oxygens (including phenoxy) is 2. The summed E-state index contributed by atoms with van der Waals surface area (Å²) >= 11 is 0. The number of para-hydroxylation sites is 2. The van der Waals surface area contributed by atoms with E-state index in [0.717, 1.165) is 5.75 Å². The molecule has 0 unspecified atom stereocenters. The van der Waals surface area contributed by atoms with Crippen LogP contribution in [0.2, 0.25) is 0 Å². The van der Waals surface area contributed by atoms with Gasteiger partial charge < -0.3 is 14.8 Å². The van der Waals surface area contributed by atoms with E-state index in [9.17, 15) is 9.59 Å². The van der Waals surface area contributed by atoms with E-state index in [-0.39, 0.29) is 25.0 Å². The van der Waals surface area contributed by atoms with Gasteiger partial charge in [-0.2, -0.15) is 0 Å². The highest BCUT2D eigenvalue weighted by Gasteiger charge is 2.26. The number of anilines is 2. The maximum Gasteiger partial charge on any atom is 0.265 e. The van der Waals surface area contributed by atoms with Gasteiger partial charge in [0.15, 0.2) is 6.61 Å². The lowest BCUT2D eigenvalue weighted by Crippen LogP contribution is -2.44. The second kappa shape index (κ2) is 7.04. The van der Waals surface area contributed by atoms with Crippen LogP contribution in [0.3, 0.4) is 0 Å². The summed E-state index contributed by atoms with van der Waals surface area (Å²) in [6.07, 6.45) is 0. The summed E-state index contributed by atoms with van der Waals surface area (Å²) in [5.74, 6) is 0.827. The summed E-state index contributed by atoms with van der Waals surface area (Å²) in [6, 6.07) is 14.3. The molecule has 1 heterocycles. The Bertz CT molecular complexity index is 743. The molecule has 1 N–H and O–H groups in total. The number of fused-ring (bicyclic) bond motifs is 1. The van der Waals surface area contributed by atoms with Gasteiger partial charge >= 0.3 is 0 Å². The minimum atomic E-state index is -0.272. The predicted octanol–water partition coefficient (Wildman–Crippen LogP) is 2.45. The third-order valence-electron chi connectivity index (χ3n) is 3.57. The number of carbonyl (C=O) groups is 2. The van der Waals surface area contributed by atoms with E-state index in [2.05, 4.69) is 5.32 Å². The zero-order valence-corrected chi connectivity index (χ0v) is 13.3. The smallest absolute Gasteiger partial charge is 0.265 e. The minimum Gasteiger partial charge on any atom is -0.494 e. The Kier molecular flexibility index (Phi) is 4.65. The molecule has 0 saturated carbocycles. The van der Waals surface area contributed by atoms with Crippen molar-refractivity contribution in [1.82, 2.24) is 0 Å². The average Bonchev–Trinajstić information content (AvgIpc) is 2.60. The molecule has 124 valence electrons. The number of rotatable bonds is 5. The molecule has 0 saturated heterocycles. The molecule has 0 fully saturated rings. The molecule has 24 heavy (non-hydrogen) atoms. The lowest BCUT2D eigenvalue weighted by molar-refractivity contribution is -0.123. The van der Waals surface area contributed by atoms with E-state index in [4.69, 9.17) is 9.47 Å². The fourth-order valence-corrected chi connectivity index (χ4v) is 2.48. The molecule has 2 aromatic rings. The minimum absolute atomic E-state index is 0.0114. The maximum absolute atomic E-state index is 12.4. The highest BCUT2D eigenvalue weighted by atomic mass is 16.5. The molecule has 3 rings (SSSR count). The maximum atomic E-state index is 12.4. The third kappa shape index (κ3) is 3.48. The molecule has 2 aromatic carbocycles. The van der Waals surface area contributed by atoms with Crippen molar-refractivity contribution < 1.29 is 19.1 Å². The van der Waals surface area contributed by atoms with Crippen molar-refractivity contribution in [3.8, 4) is 11.5 Å². The van der Waals surface area contributed by atoms with Gasteiger partial charge in [0, 0.05) is 0 Å². The number of carbonyl (C=O) groups excluding carboxylic acids is 2. The highest BCUT2D eigenvalue weighted by Crippen LogP contribution is 2.29. The monoisotopic (exact) mass is 326 g/mol. The van der Waals surface area contributed by atoms with Crippen molar-refractivity contribution in [3.05, 3.63) is 48.5 Å². The van der Waals surface area contributed by atoms with Crippen LogP contribution in [-0.2, 0) is 9.59 Å². The number of amides is 2. The van der Waals surface area contributed by atoms with E-state index in [1.165, 1.54) is 4.90 Å². The number of benzene rings is 2. The number of hydrogen-bond acceptors (Lipinski definition) is 4. The molecule has 0 atom stereocenters. The lowest BCUT2D eigenvalue weighted by Gasteiger charge is -2.29. The zero-order chi connectivity index (χ0) is 16.9. The van der Waals surface area contributed by atoms with Crippen molar-refractivity contribution in [2.24, 2.45) is 0 Å². The first-order valence-electron chi connectivity index (χ1n) is 7.72. The highest BCUT2D eigenvalue weighted by molar-refractivity contribution is 6.10. The van der Waals surface area contributed by atoms with Gasteiger partial charge in [-0.15, -0.1) is 0 Å². The van der Waals surface area contributed by atoms with Crippen molar-refractivity contribution in [2.45, 2.75) is 6.92 Å². The Morgan fingerprint density at radius 1 is 1.08 bits per heavy atom. The van der Waals surface area contributed by atoms with E-state index in [0.29, 0.717) is 23.7 Å². The van der Waals surface area contributed by atoms with Gasteiger partial charge in [0.2, 0.25) is 5.91 Å². The molecule has 1 aliphatic heterocycles. The van der Waals surface area contributed by atoms with Crippen molar-refractivity contribution in [3.63, 3.8) is 0 Å². The summed E-state index contributed by atoms with van der Waals surface area (Å²) in [6.45, 7) is 2.35. The lowest BCUT2D eigenvalue weighted by atomic mass is 10.2. The Morgan fingerprint density at radius 2 is 1.75 bits per heavy atom. The van der Waals surface area contributed by atoms with Gasteiger partial charge in [0.1, 0.15) is 18.0 Å². The summed E-state index contributed by atoms with van der Waals surface area (Å²) in [7, 11) is 0. The molecular formula is C18H18N2O4. The van der Waals surface area contributed by atoms with Gasteiger partial charge in [0.25, 0.3) is 5.91 Å².